The van der Waals surface area contributed by atoms with Gasteiger partial charge in [0.15, 0.2) is 0 Å². The molecule has 0 aromatic heterocycles. The van der Waals surface area contributed by atoms with E-state index in [9.17, 15) is 4.79 Å². The Morgan fingerprint density at radius 1 is 1.64 bits per heavy atom. The van der Waals surface area contributed by atoms with Crippen LogP contribution in [0.15, 0.2) is 12.2 Å². The highest BCUT2D eigenvalue weighted by molar-refractivity contribution is 5.80. The van der Waals surface area contributed by atoms with Gasteiger partial charge < -0.3 is 5.32 Å². The van der Waals surface area contributed by atoms with E-state index in [0.29, 0.717) is 0 Å². The number of hydrogen-bond acceptors (Lipinski definition) is 1. The van der Waals surface area contributed by atoms with E-state index in [0.717, 1.165) is 25.7 Å². The molecule has 0 aliphatic heterocycles. The number of allylic oxidation sites excluding steroid dienone is 2. The molecule has 0 heterocycles. The molecule has 1 unspecified atom stereocenters. The molecule has 14 heavy (non-hydrogen) atoms. The molecule has 0 spiro atoms. The summed E-state index contributed by atoms with van der Waals surface area (Å²) in [6.45, 7) is 2.06. The predicted molar refractivity (Wildman–Crippen MR) is 57.5 cm³/mol. The van der Waals surface area contributed by atoms with Gasteiger partial charge in [-0.3, -0.25) is 4.79 Å². The number of amides is 1. The predicted octanol–water partition coefficient (Wildman–Crippen LogP) is 1.87. The van der Waals surface area contributed by atoms with E-state index in [1.807, 2.05) is 0 Å². The van der Waals surface area contributed by atoms with Gasteiger partial charge in [0.05, 0.1) is 6.04 Å². The number of rotatable bonds is 4. The Kier molecular flexibility index (Phi) is 4.25. The van der Waals surface area contributed by atoms with E-state index >= 15 is 0 Å². The summed E-state index contributed by atoms with van der Waals surface area (Å²) in [6, 6.07) is -0.0897. The van der Waals surface area contributed by atoms with E-state index in [2.05, 4.69) is 30.3 Å². The van der Waals surface area contributed by atoms with Gasteiger partial charge in [-0.1, -0.05) is 31.4 Å². The zero-order valence-corrected chi connectivity index (χ0v) is 8.62. The number of nitrogens with one attached hydrogen (secondary N) is 1. The molecular formula is C12H17NO. The van der Waals surface area contributed by atoms with Crippen LogP contribution in [0.2, 0.25) is 0 Å². The molecule has 0 bridgehead atoms. The molecule has 0 aromatic rings. The van der Waals surface area contributed by atoms with Crippen LogP contribution in [-0.2, 0) is 4.79 Å². The lowest BCUT2D eigenvalue weighted by Gasteiger charge is -2.15. The Morgan fingerprint density at radius 2 is 2.29 bits per heavy atom. The molecular weight excluding hydrogens is 174 g/mol. The van der Waals surface area contributed by atoms with E-state index in [4.69, 9.17) is 6.42 Å². The first kappa shape index (κ1) is 10.8. The van der Waals surface area contributed by atoms with Crippen LogP contribution in [0.5, 0.6) is 0 Å². The van der Waals surface area contributed by atoms with Crippen LogP contribution in [0.25, 0.3) is 0 Å². The quantitative estimate of drug-likeness (QED) is 0.533. The first-order valence-corrected chi connectivity index (χ1v) is 5.19. The molecule has 1 N–H and O–H groups in total. The van der Waals surface area contributed by atoms with Crippen LogP contribution in [0.4, 0.5) is 0 Å². The molecule has 0 radical (unpaired) electrons. The monoisotopic (exact) mass is 191 g/mol. The molecule has 1 rings (SSSR count). The standard InChI is InChI=1S/C12H17NO/c1-3-7-11(4-2)13-12(14)10-8-5-6-9-10/h2,5-6,10-11H,3,7-9H2,1H3,(H,13,14). The Morgan fingerprint density at radius 3 is 2.79 bits per heavy atom. The minimum Gasteiger partial charge on any atom is -0.342 e. The largest absolute Gasteiger partial charge is 0.342 e. The average molecular weight is 191 g/mol. The zero-order chi connectivity index (χ0) is 10.4. The summed E-state index contributed by atoms with van der Waals surface area (Å²) in [5.74, 6) is 2.82. The Labute approximate surface area is 85.8 Å². The molecule has 1 amide bonds. The van der Waals surface area contributed by atoms with E-state index in [-0.39, 0.29) is 17.9 Å². The second-order valence-electron chi connectivity index (χ2n) is 3.66. The van der Waals surface area contributed by atoms with Crippen LogP contribution >= 0.6 is 0 Å². The van der Waals surface area contributed by atoms with Gasteiger partial charge in [-0.2, -0.15) is 0 Å². The van der Waals surface area contributed by atoms with Gasteiger partial charge in [0.1, 0.15) is 0 Å². The number of carbonyl (C=O) groups excluding carboxylic acids is 1. The van der Waals surface area contributed by atoms with Gasteiger partial charge >= 0.3 is 0 Å². The van der Waals surface area contributed by atoms with Gasteiger partial charge in [0.25, 0.3) is 0 Å². The van der Waals surface area contributed by atoms with Crippen LogP contribution < -0.4 is 5.32 Å². The summed E-state index contributed by atoms with van der Waals surface area (Å²) in [7, 11) is 0. The Balaban J connectivity index is 2.35. The highest BCUT2D eigenvalue weighted by atomic mass is 16.1. The van der Waals surface area contributed by atoms with Crippen LogP contribution in [0, 0.1) is 18.3 Å². The van der Waals surface area contributed by atoms with Crippen molar-refractivity contribution in [3.8, 4) is 12.3 Å². The minimum absolute atomic E-state index is 0.0897. The fourth-order valence-electron chi connectivity index (χ4n) is 1.61. The molecule has 0 aromatic carbocycles. The Bertz CT molecular complexity index is 254. The SMILES string of the molecule is C#CC(CCC)NC(=O)C1CC=CC1. The van der Waals surface area contributed by atoms with Crippen molar-refractivity contribution in [3.63, 3.8) is 0 Å². The van der Waals surface area contributed by atoms with Crippen molar-refractivity contribution in [1.29, 1.82) is 0 Å². The third kappa shape index (κ3) is 2.92. The first-order chi connectivity index (χ1) is 6.77. The van der Waals surface area contributed by atoms with Crippen molar-refractivity contribution in [3.05, 3.63) is 12.2 Å². The normalized spacial score (nSPS) is 17.7. The maximum absolute atomic E-state index is 11.6. The first-order valence-electron chi connectivity index (χ1n) is 5.19. The maximum atomic E-state index is 11.6. The topological polar surface area (TPSA) is 29.1 Å². The second kappa shape index (κ2) is 5.49. The number of carbonyl (C=O) groups is 1. The van der Waals surface area contributed by atoms with Crippen LogP contribution in [-0.4, -0.2) is 11.9 Å². The van der Waals surface area contributed by atoms with Crippen LogP contribution in [0.1, 0.15) is 32.6 Å². The van der Waals surface area contributed by atoms with Crippen molar-refractivity contribution in [1.82, 2.24) is 5.32 Å². The summed E-state index contributed by atoms with van der Waals surface area (Å²) in [5, 5.41) is 2.89. The van der Waals surface area contributed by atoms with Crippen LogP contribution in [0.3, 0.4) is 0 Å². The summed E-state index contributed by atoms with van der Waals surface area (Å²) in [4.78, 5) is 11.6. The van der Waals surface area contributed by atoms with Gasteiger partial charge in [0.2, 0.25) is 5.91 Å². The van der Waals surface area contributed by atoms with Crippen molar-refractivity contribution in [2.45, 2.75) is 38.6 Å². The van der Waals surface area contributed by atoms with Crippen molar-refractivity contribution in [2.24, 2.45) is 5.92 Å². The summed E-state index contributed by atoms with van der Waals surface area (Å²) in [6.07, 6.45) is 13.0. The zero-order valence-electron chi connectivity index (χ0n) is 8.62. The lowest BCUT2D eigenvalue weighted by atomic mass is 10.1. The third-order valence-electron chi connectivity index (χ3n) is 2.47. The number of hydrogen-bond donors (Lipinski definition) is 1. The van der Waals surface area contributed by atoms with Gasteiger partial charge in [-0.25, -0.2) is 0 Å². The fourth-order valence-corrected chi connectivity index (χ4v) is 1.61. The summed E-state index contributed by atoms with van der Waals surface area (Å²) < 4.78 is 0. The highest BCUT2D eigenvalue weighted by Gasteiger charge is 2.20. The molecule has 1 aliphatic rings. The minimum atomic E-state index is -0.0897. The molecule has 0 saturated carbocycles. The molecule has 0 fully saturated rings. The van der Waals surface area contributed by atoms with Crippen molar-refractivity contribution >= 4 is 5.91 Å². The fraction of sp³-hybridized carbons (Fsp3) is 0.583. The Hall–Kier alpha value is -1.23. The molecule has 1 atom stereocenters. The maximum Gasteiger partial charge on any atom is 0.224 e. The summed E-state index contributed by atoms with van der Waals surface area (Å²) >= 11 is 0. The molecule has 2 nitrogen and oxygen atoms in total. The lowest BCUT2D eigenvalue weighted by Crippen LogP contribution is -2.37. The van der Waals surface area contributed by atoms with Crippen molar-refractivity contribution in [2.75, 3.05) is 0 Å². The third-order valence-corrected chi connectivity index (χ3v) is 2.47. The van der Waals surface area contributed by atoms with Gasteiger partial charge in [-0.05, 0) is 19.3 Å². The van der Waals surface area contributed by atoms with E-state index in [1.165, 1.54) is 0 Å². The number of terminal acetylenes is 1. The second-order valence-corrected chi connectivity index (χ2v) is 3.66. The van der Waals surface area contributed by atoms with E-state index in [1.54, 1.807) is 0 Å². The van der Waals surface area contributed by atoms with Crippen molar-refractivity contribution < 1.29 is 4.79 Å². The van der Waals surface area contributed by atoms with Gasteiger partial charge in [-0.15, -0.1) is 6.42 Å². The average Bonchev–Trinajstić information content (AvgIpc) is 2.69. The smallest absolute Gasteiger partial charge is 0.224 e. The van der Waals surface area contributed by atoms with Gasteiger partial charge in [0, 0.05) is 5.92 Å². The molecule has 2 heteroatoms. The molecule has 76 valence electrons. The molecule has 0 saturated heterocycles. The van der Waals surface area contributed by atoms with E-state index < -0.39 is 0 Å². The lowest BCUT2D eigenvalue weighted by molar-refractivity contribution is -0.125. The summed E-state index contributed by atoms with van der Waals surface area (Å²) in [5.41, 5.74) is 0. The molecule has 1 aliphatic carbocycles. The highest BCUT2D eigenvalue weighted by Crippen LogP contribution is 2.17.